The van der Waals surface area contributed by atoms with E-state index >= 15 is 0 Å². The molecule has 0 atom stereocenters. The fraction of sp³-hybridized carbons (Fsp3) is 0.318. The summed E-state index contributed by atoms with van der Waals surface area (Å²) in [6.07, 6.45) is 1.21. The summed E-state index contributed by atoms with van der Waals surface area (Å²) >= 11 is 5.87. The Morgan fingerprint density at radius 1 is 1.17 bits per heavy atom. The van der Waals surface area contributed by atoms with E-state index < -0.39 is 17.2 Å². The molecule has 0 amide bonds. The summed E-state index contributed by atoms with van der Waals surface area (Å²) < 4.78 is 25.8. The average Bonchev–Trinajstić information content (AvgIpc) is 2.65. The SMILES string of the molecule is CC(C)Oc1cc2ncnc(Nc3cccc(Cl)c3F)c2cc1OC(=O)C(C)(C)C. The maximum absolute atomic E-state index is 14.4. The van der Waals surface area contributed by atoms with Crippen molar-refractivity contribution in [3.05, 3.63) is 47.5 Å². The number of ether oxygens (including phenoxy) is 2. The minimum atomic E-state index is -0.706. The van der Waals surface area contributed by atoms with Gasteiger partial charge in [-0.05, 0) is 52.8 Å². The van der Waals surface area contributed by atoms with Crippen molar-refractivity contribution in [3.63, 3.8) is 0 Å². The van der Waals surface area contributed by atoms with Crippen molar-refractivity contribution in [1.29, 1.82) is 0 Å². The van der Waals surface area contributed by atoms with Crippen molar-refractivity contribution in [2.75, 3.05) is 5.32 Å². The van der Waals surface area contributed by atoms with Gasteiger partial charge < -0.3 is 14.8 Å². The number of esters is 1. The Kier molecular flexibility index (Phi) is 6.12. The van der Waals surface area contributed by atoms with Crippen LogP contribution in [0.5, 0.6) is 11.5 Å². The molecule has 30 heavy (non-hydrogen) atoms. The summed E-state index contributed by atoms with van der Waals surface area (Å²) in [5.41, 5.74) is 0.00166. The zero-order valence-corrected chi connectivity index (χ0v) is 18.2. The third kappa shape index (κ3) is 4.79. The molecule has 0 fully saturated rings. The lowest BCUT2D eigenvalue weighted by Gasteiger charge is -2.20. The summed E-state index contributed by atoms with van der Waals surface area (Å²) in [6.45, 7) is 9.02. The van der Waals surface area contributed by atoms with Gasteiger partial charge in [-0.15, -0.1) is 0 Å². The molecule has 1 heterocycles. The molecular weight excluding hydrogens is 409 g/mol. The lowest BCUT2D eigenvalue weighted by molar-refractivity contribution is -0.143. The number of anilines is 2. The molecule has 0 saturated carbocycles. The minimum absolute atomic E-state index is 0.00854. The van der Waals surface area contributed by atoms with Crippen LogP contribution in [0.25, 0.3) is 10.9 Å². The number of nitrogens with one attached hydrogen (secondary N) is 1. The second-order valence-corrected chi connectivity index (χ2v) is 8.48. The van der Waals surface area contributed by atoms with E-state index in [-0.39, 0.29) is 22.6 Å². The second kappa shape index (κ2) is 8.44. The fourth-order valence-electron chi connectivity index (χ4n) is 2.57. The van der Waals surface area contributed by atoms with Gasteiger partial charge in [0, 0.05) is 11.5 Å². The van der Waals surface area contributed by atoms with Gasteiger partial charge in [0.05, 0.1) is 27.7 Å². The lowest BCUT2D eigenvalue weighted by Crippen LogP contribution is -2.26. The van der Waals surface area contributed by atoms with Gasteiger partial charge in [0.2, 0.25) is 0 Å². The molecule has 8 heteroatoms. The number of hydrogen-bond acceptors (Lipinski definition) is 6. The van der Waals surface area contributed by atoms with Gasteiger partial charge in [-0.3, -0.25) is 4.79 Å². The van der Waals surface area contributed by atoms with E-state index in [0.29, 0.717) is 22.5 Å². The van der Waals surface area contributed by atoms with Crippen LogP contribution in [0.1, 0.15) is 34.6 Å². The predicted molar refractivity (Wildman–Crippen MR) is 115 cm³/mol. The maximum Gasteiger partial charge on any atom is 0.316 e. The number of rotatable bonds is 5. The molecule has 3 rings (SSSR count). The second-order valence-electron chi connectivity index (χ2n) is 8.07. The Morgan fingerprint density at radius 3 is 2.57 bits per heavy atom. The first-order valence-corrected chi connectivity index (χ1v) is 9.83. The molecule has 0 aliphatic carbocycles. The predicted octanol–water partition coefficient (Wildman–Crippen LogP) is 5.90. The van der Waals surface area contributed by atoms with Gasteiger partial charge >= 0.3 is 5.97 Å². The molecule has 0 aliphatic rings. The maximum atomic E-state index is 14.4. The van der Waals surface area contributed by atoms with Gasteiger partial charge in [-0.25, -0.2) is 14.4 Å². The topological polar surface area (TPSA) is 73.3 Å². The Labute approximate surface area is 179 Å². The average molecular weight is 432 g/mol. The summed E-state index contributed by atoms with van der Waals surface area (Å²) in [6, 6.07) is 7.91. The Bertz CT molecular complexity index is 1100. The number of carbonyl (C=O) groups excluding carboxylic acids is 1. The van der Waals surface area contributed by atoms with Crippen LogP contribution in [0.4, 0.5) is 15.9 Å². The molecule has 2 aromatic carbocycles. The van der Waals surface area contributed by atoms with Gasteiger partial charge in [-0.1, -0.05) is 17.7 Å². The molecule has 0 aliphatic heterocycles. The zero-order valence-electron chi connectivity index (χ0n) is 17.4. The van der Waals surface area contributed by atoms with Crippen molar-refractivity contribution in [1.82, 2.24) is 9.97 Å². The Balaban J connectivity index is 2.11. The van der Waals surface area contributed by atoms with Crippen LogP contribution in [-0.4, -0.2) is 22.0 Å². The number of hydrogen-bond donors (Lipinski definition) is 1. The first kappa shape index (κ1) is 21.8. The summed E-state index contributed by atoms with van der Waals surface area (Å²) in [4.78, 5) is 21.0. The molecule has 1 N–H and O–H groups in total. The molecule has 158 valence electrons. The van der Waals surface area contributed by atoms with Crippen LogP contribution in [0.3, 0.4) is 0 Å². The van der Waals surface area contributed by atoms with E-state index in [4.69, 9.17) is 21.1 Å². The standard InChI is InChI=1S/C22H23ClFN3O3/c1-12(2)29-18-10-16-13(9-17(18)30-21(28)22(3,4)5)20(26-11-25-16)27-15-8-6-7-14(23)19(15)24/h6-12H,1-5H3,(H,25,26,27). The van der Waals surface area contributed by atoms with Crippen molar-refractivity contribution < 1.29 is 18.7 Å². The molecule has 0 bridgehead atoms. The normalized spacial score (nSPS) is 11.6. The van der Waals surface area contributed by atoms with Crippen LogP contribution in [0.2, 0.25) is 5.02 Å². The molecule has 3 aromatic rings. The van der Waals surface area contributed by atoms with Crippen molar-refractivity contribution in [3.8, 4) is 11.5 Å². The van der Waals surface area contributed by atoms with Gasteiger partial charge in [0.1, 0.15) is 12.1 Å². The molecule has 0 saturated heterocycles. The van der Waals surface area contributed by atoms with Crippen LogP contribution in [-0.2, 0) is 4.79 Å². The Morgan fingerprint density at radius 2 is 1.90 bits per heavy atom. The van der Waals surface area contributed by atoms with Gasteiger partial charge in [0.15, 0.2) is 17.3 Å². The highest BCUT2D eigenvalue weighted by Crippen LogP contribution is 2.37. The molecule has 6 nitrogen and oxygen atoms in total. The number of carbonyl (C=O) groups is 1. The van der Waals surface area contributed by atoms with Crippen molar-refractivity contribution >= 4 is 40.0 Å². The van der Waals surface area contributed by atoms with E-state index in [1.165, 1.54) is 12.4 Å². The van der Waals surface area contributed by atoms with Crippen LogP contribution < -0.4 is 14.8 Å². The first-order valence-electron chi connectivity index (χ1n) is 9.45. The lowest BCUT2D eigenvalue weighted by atomic mass is 9.97. The molecular formula is C22H23ClFN3O3. The van der Waals surface area contributed by atoms with E-state index in [1.54, 1.807) is 45.0 Å². The van der Waals surface area contributed by atoms with Gasteiger partial charge in [-0.2, -0.15) is 0 Å². The van der Waals surface area contributed by atoms with Crippen LogP contribution in [0, 0.1) is 11.2 Å². The highest BCUT2D eigenvalue weighted by Gasteiger charge is 2.26. The molecule has 0 unspecified atom stereocenters. The third-order valence-electron chi connectivity index (χ3n) is 4.08. The highest BCUT2D eigenvalue weighted by molar-refractivity contribution is 6.31. The number of halogens is 2. The summed E-state index contributed by atoms with van der Waals surface area (Å²) in [7, 11) is 0. The third-order valence-corrected chi connectivity index (χ3v) is 4.38. The monoisotopic (exact) mass is 431 g/mol. The largest absolute Gasteiger partial charge is 0.487 e. The van der Waals surface area contributed by atoms with E-state index in [0.717, 1.165) is 0 Å². The number of nitrogens with zero attached hydrogens (tertiary/aromatic N) is 2. The smallest absolute Gasteiger partial charge is 0.316 e. The number of aromatic nitrogens is 2. The van der Waals surface area contributed by atoms with E-state index in [9.17, 15) is 9.18 Å². The minimum Gasteiger partial charge on any atom is -0.487 e. The van der Waals surface area contributed by atoms with Crippen LogP contribution >= 0.6 is 11.6 Å². The van der Waals surface area contributed by atoms with E-state index in [2.05, 4.69) is 15.3 Å². The first-order chi connectivity index (χ1) is 14.1. The van der Waals surface area contributed by atoms with Gasteiger partial charge in [0.25, 0.3) is 0 Å². The summed E-state index contributed by atoms with van der Waals surface area (Å²) in [5.74, 6) is -0.0488. The number of fused-ring (bicyclic) bond motifs is 1. The highest BCUT2D eigenvalue weighted by atomic mass is 35.5. The number of benzene rings is 2. The molecule has 0 spiro atoms. The van der Waals surface area contributed by atoms with Crippen LogP contribution in [0.15, 0.2) is 36.7 Å². The molecule has 1 aromatic heterocycles. The fourth-order valence-corrected chi connectivity index (χ4v) is 2.74. The van der Waals surface area contributed by atoms with Crippen molar-refractivity contribution in [2.24, 2.45) is 5.41 Å². The Hall–Kier alpha value is -2.93. The van der Waals surface area contributed by atoms with E-state index in [1.807, 2.05) is 13.8 Å². The quantitative estimate of drug-likeness (QED) is 0.400. The zero-order chi connectivity index (χ0) is 22.1. The summed E-state index contributed by atoms with van der Waals surface area (Å²) in [5, 5.41) is 3.46. The molecule has 0 radical (unpaired) electrons. The van der Waals surface area contributed by atoms with Crippen molar-refractivity contribution in [2.45, 2.75) is 40.7 Å².